The van der Waals surface area contributed by atoms with Crippen LogP contribution in [-0.4, -0.2) is 12.2 Å². The minimum atomic E-state index is -1.19. The Hall–Kier alpha value is 0.180. The third-order valence-corrected chi connectivity index (χ3v) is 0.621. The van der Waals surface area contributed by atoms with Gasteiger partial charge in [-0.25, -0.2) is 9.23 Å². The average Bonchev–Trinajstić information content (AvgIpc) is 1.30. The normalized spacial score (nSPS) is 12.0. The number of hydrogen-bond donors (Lipinski definition) is 1. The minimum absolute atomic E-state index is 0.189. The second kappa shape index (κ2) is 2.48. The molecule has 0 heterocycles. The Labute approximate surface area is 48.0 Å². The van der Waals surface area contributed by atoms with Crippen LogP contribution in [0.2, 0.25) is 0 Å². The quantitative estimate of drug-likeness (QED) is 0.552. The van der Waals surface area contributed by atoms with E-state index >= 15 is 0 Å². The number of rotatable bonds is 2. The molecule has 3 heteroatoms. The third kappa shape index (κ3) is 6.18. The Balaban J connectivity index is 3.15. The lowest BCUT2D eigenvalue weighted by molar-refractivity contribution is 0.222. The fourth-order valence-corrected chi connectivity index (χ4v) is 0.477. The lowest BCUT2D eigenvalue weighted by Crippen LogP contribution is -2.24. The fraction of sp³-hybridized carbons (Fsp3) is 1.00. The van der Waals surface area contributed by atoms with E-state index in [-0.39, 0.29) is 6.54 Å². The first kappa shape index (κ1) is 7.18. The zero-order valence-corrected chi connectivity index (χ0v) is 5.22. The summed E-state index contributed by atoms with van der Waals surface area (Å²) in [5.74, 6) is 0. The number of hydrogen-bond acceptors (Lipinski definition) is 1. The van der Waals surface area contributed by atoms with Crippen molar-refractivity contribution >= 4 is 11.8 Å². The Kier molecular flexibility index (Phi) is 2.54. The molecule has 0 atom stereocenters. The van der Waals surface area contributed by atoms with E-state index in [0.717, 1.165) is 0 Å². The Bertz CT molecular complexity index is 50.1. The largest absolute Gasteiger partial charge is 0.243 e. The standard InChI is InChI=1S/C4H9ClFN/c1-4(2,6)3-7-5/h7H,3H2,1-2H3. The van der Waals surface area contributed by atoms with Crippen LogP contribution in [0.3, 0.4) is 0 Å². The molecule has 0 aliphatic rings. The SMILES string of the molecule is CC(C)(F)CNCl. The van der Waals surface area contributed by atoms with E-state index in [2.05, 4.69) is 4.84 Å². The highest BCUT2D eigenvalue weighted by Gasteiger charge is 2.12. The molecule has 0 aromatic rings. The van der Waals surface area contributed by atoms with Crippen LogP contribution in [0, 0.1) is 0 Å². The van der Waals surface area contributed by atoms with Gasteiger partial charge in [-0.2, -0.15) is 0 Å². The van der Waals surface area contributed by atoms with Gasteiger partial charge in [-0.1, -0.05) is 0 Å². The topological polar surface area (TPSA) is 12.0 Å². The predicted molar refractivity (Wildman–Crippen MR) is 29.0 cm³/mol. The Morgan fingerprint density at radius 1 is 1.71 bits per heavy atom. The van der Waals surface area contributed by atoms with Gasteiger partial charge in [0.25, 0.3) is 0 Å². The summed E-state index contributed by atoms with van der Waals surface area (Å²) in [5.41, 5.74) is -1.19. The molecule has 7 heavy (non-hydrogen) atoms. The predicted octanol–water partition coefficient (Wildman–Crippen LogP) is 1.48. The van der Waals surface area contributed by atoms with Gasteiger partial charge in [-0.3, -0.25) is 0 Å². The highest BCUT2D eigenvalue weighted by atomic mass is 35.5. The molecule has 0 aromatic heterocycles. The van der Waals surface area contributed by atoms with Crippen LogP contribution < -0.4 is 4.84 Å². The lowest BCUT2D eigenvalue weighted by Gasteiger charge is -2.09. The first-order valence-corrected chi connectivity index (χ1v) is 2.46. The van der Waals surface area contributed by atoms with Crippen molar-refractivity contribution in [1.29, 1.82) is 0 Å². The van der Waals surface area contributed by atoms with Crippen molar-refractivity contribution in [3.63, 3.8) is 0 Å². The first-order valence-electron chi connectivity index (χ1n) is 2.09. The lowest BCUT2D eigenvalue weighted by atomic mass is 10.2. The molecule has 0 saturated carbocycles. The maximum atomic E-state index is 12.2. The molecule has 0 saturated heterocycles. The van der Waals surface area contributed by atoms with Crippen molar-refractivity contribution in [2.45, 2.75) is 19.5 Å². The second-order valence-electron chi connectivity index (χ2n) is 2.03. The molecule has 0 aliphatic carbocycles. The zero-order valence-electron chi connectivity index (χ0n) is 4.46. The van der Waals surface area contributed by atoms with E-state index in [4.69, 9.17) is 11.8 Å². The van der Waals surface area contributed by atoms with Crippen LogP contribution in [0.1, 0.15) is 13.8 Å². The second-order valence-corrected chi connectivity index (χ2v) is 2.30. The summed E-state index contributed by atoms with van der Waals surface area (Å²) in [7, 11) is 0. The molecule has 0 rings (SSSR count). The third-order valence-electron chi connectivity index (χ3n) is 0.487. The molecule has 0 bridgehead atoms. The summed E-state index contributed by atoms with van der Waals surface area (Å²) in [6.07, 6.45) is 0. The van der Waals surface area contributed by atoms with E-state index in [0.29, 0.717) is 0 Å². The molecular weight excluding hydrogens is 117 g/mol. The Morgan fingerprint density at radius 2 is 2.14 bits per heavy atom. The summed E-state index contributed by atoms with van der Waals surface area (Å²) < 4.78 is 12.2. The van der Waals surface area contributed by atoms with Crippen molar-refractivity contribution in [3.05, 3.63) is 0 Å². The van der Waals surface area contributed by atoms with Crippen molar-refractivity contribution in [1.82, 2.24) is 4.84 Å². The smallest absolute Gasteiger partial charge is 0.119 e. The first-order chi connectivity index (χ1) is 3.06. The van der Waals surface area contributed by atoms with E-state index < -0.39 is 5.67 Å². The van der Waals surface area contributed by atoms with Crippen LogP contribution in [0.4, 0.5) is 4.39 Å². The van der Waals surface area contributed by atoms with Gasteiger partial charge in [-0.05, 0) is 25.6 Å². The summed E-state index contributed by atoms with van der Waals surface area (Å²) >= 11 is 5.00. The molecular formula is C4H9ClFN. The van der Waals surface area contributed by atoms with Gasteiger partial charge < -0.3 is 0 Å². The van der Waals surface area contributed by atoms with Crippen LogP contribution >= 0.6 is 11.8 Å². The molecule has 0 spiro atoms. The molecule has 0 amide bonds. The Morgan fingerprint density at radius 3 is 2.14 bits per heavy atom. The van der Waals surface area contributed by atoms with Gasteiger partial charge >= 0.3 is 0 Å². The average molecular weight is 126 g/mol. The van der Waals surface area contributed by atoms with Crippen LogP contribution in [0.25, 0.3) is 0 Å². The van der Waals surface area contributed by atoms with Crippen molar-refractivity contribution in [3.8, 4) is 0 Å². The molecule has 1 nitrogen and oxygen atoms in total. The summed E-state index contributed by atoms with van der Waals surface area (Å²) in [4.78, 5) is 2.20. The van der Waals surface area contributed by atoms with Crippen LogP contribution in [-0.2, 0) is 0 Å². The highest BCUT2D eigenvalue weighted by Crippen LogP contribution is 2.04. The van der Waals surface area contributed by atoms with Crippen molar-refractivity contribution in [2.24, 2.45) is 0 Å². The maximum absolute atomic E-state index is 12.2. The molecule has 0 aliphatic heterocycles. The van der Waals surface area contributed by atoms with Crippen LogP contribution in [0.5, 0.6) is 0 Å². The van der Waals surface area contributed by atoms with Gasteiger partial charge in [0.15, 0.2) is 0 Å². The van der Waals surface area contributed by atoms with Crippen molar-refractivity contribution < 1.29 is 4.39 Å². The van der Waals surface area contributed by atoms with Crippen LogP contribution in [0.15, 0.2) is 0 Å². The molecule has 0 aromatic carbocycles. The summed E-state index contributed by atoms with van der Waals surface area (Å²) in [5, 5.41) is 0. The van der Waals surface area contributed by atoms with Crippen molar-refractivity contribution in [2.75, 3.05) is 6.54 Å². The van der Waals surface area contributed by atoms with E-state index in [1.54, 1.807) is 0 Å². The van der Waals surface area contributed by atoms with E-state index in [9.17, 15) is 4.39 Å². The molecule has 44 valence electrons. The number of nitrogens with one attached hydrogen (secondary N) is 1. The van der Waals surface area contributed by atoms with Gasteiger partial charge in [0.2, 0.25) is 0 Å². The van der Waals surface area contributed by atoms with Gasteiger partial charge in [-0.15, -0.1) is 0 Å². The van der Waals surface area contributed by atoms with E-state index in [1.807, 2.05) is 0 Å². The van der Waals surface area contributed by atoms with Gasteiger partial charge in [0, 0.05) is 6.54 Å². The molecule has 0 unspecified atom stereocenters. The molecule has 1 N–H and O–H groups in total. The summed E-state index contributed by atoms with van der Waals surface area (Å²) in [6, 6.07) is 0. The zero-order chi connectivity index (χ0) is 5.91. The maximum Gasteiger partial charge on any atom is 0.119 e. The number of halogens is 2. The monoisotopic (exact) mass is 125 g/mol. The fourth-order valence-electron chi connectivity index (χ4n) is 0.159. The minimum Gasteiger partial charge on any atom is -0.243 e. The van der Waals surface area contributed by atoms with E-state index in [1.165, 1.54) is 13.8 Å². The number of alkyl halides is 1. The highest BCUT2D eigenvalue weighted by molar-refractivity contribution is 6.13. The molecule has 0 radical (unpaired) electrons. The van der Waals surface area contributed by atoms with Gasteiger partial charge in [0.1, 0.15) is 5.67 Å². The van der Waals surface area contributed by atoms with Gasteiger partial charge in [0.05, 0.1) is 0 Å². The molecule has 0 fully saturated rings. The summed E-state index contributed by atoms with van der Waals surface area (Å²) in [6.45, 7) is 3.11.